The molecule has 2 aliphatic rings. The number of hydrogen-bond acceptors (Lipinski definition) is 2. The molecule has 0 fully saturated rings. The Bertz CT molecular complexity index is 754. The molecule has 0 aromatic heterocycles. The summed E-state index contributed by atoms with van der Waals surface area (Å²) in [5.74, 6) is -2.50. The molecule has 23 heavy (non-hydrogen) atoms. The van der Waals surface area contributed by atoms with Crippen molar-refractivity contribution in [3.63, 3.8) is 0 Å². The van der Waals surface area contributed by atoms with Crippen LogP contribution in [0.15, 0.2) is 52.9 Å². The van der Waals surface area contributed by atoms with Crippen molar-refractivity contribution in [1.29, 1.82) is 0 Å². The van der Waals surface area contributed by atoms with Crippen molar-refractivity contribution in [1.82, 2.24) is 5.43 Å². The number of benzene rings is 1. The van der Waals surface area contributed by atoms with Crippen LogP contribution in [0.5, 0.6) is 0 Å². The molecular formula is C17H15F3N2O. The molecule has 1 N–H and O–H groups in total. The monoisotopic (exact) mass is 320 g/mol. The Balaban J connectivity index is 1.99. The second-order valence-corrected chi connectivity index (χ2v) is 5.71. The van der Waals surface area contributed by atoms with Crippen molar-refractivity contribution in [3.8, 4) is 0 Å². The lowest BCUT2D eigenvalue weighted by molar-refractivity contribution is -0.121. The van der Waals surface area contributed by atoms with Crippen LogP contribution >= 0.6 is 0 Å². The second kappa shape index (κ2) is 5.68. The summed E-state index contributed by atoms with van der Waals surface area (Å²) in [5.41, 5.74) is 0.369. The van der Waals surface area contributed by atoms with Crippen molar-refractivity contribution in [2.24, 2.45) is 5.10 Å². The molecule has 0 spiro atoms. The zero-order chi connectivity index (χ0) is 16.6. The predicted molar refractivity (Wildman–Crippen MR) is 80.7 cm³/mol. The number of rotatable bonds is 2. The van der Waals surface area contributed by atoms with Gasteiger partial charge in [-0.05, 0) is 30.7 Å². The fraction of sp³-hybridized carbons (Fsp3) is 0.294. The van der Waals surface area contributed by atoms with Crippen LogP contribution in [0.3, 0.4) is 0 Å². The maximum absolute atomic E-state index is 15.1. The van der Waals surface area contributed by atoms with Crippen LogP contribution in [0.25, 0.3) is 0 Å². The SMILES string of the molecule is CC1=CC(F)(C2=NNC(=O)CC2)C(F)=CC1c1ccccc1F. The Morgan fingerprint density at radius 1 is 1.26 bits per heavy atom. The summed E-state index contributed by atoms with van der Waals surface area (Å²) < 4.78 is 43.5. The summed E-state index contributed by atoms with van der Waals surface area (Å²) in [5, 5.41) is 3.65. The number of nitrogens with zero attached hydrogens (tertiary/aromatic N) is 1. The Labute approximate surface area is 131 Å². The number of alkyl halides is 1. The summed E-state index contributed by atoms with van der Waals surface area (Å²) >= 11 is 0. The molecule has 0 saturated carbocycles. The van der Waals surface area contributed by atoms with Gasteiger partial charge in [-0.15, -0.1) is 0 Å². The number of nitrogens with one attached hydrogen (secondary N) is 1. The minimum atomic E-state index is -2.49. The van der Waals surface area contributed by atoms with Crippen LogP contribution in [-0.2, 0) is 4.79 Å². The molecule has 3 rings (SSSR count). The van der Waals surface area contributed by atoms with Gasteiger partial charge in [-0.25, -0.2) is 18.6 Å². The Kier molecular flexibility index (Phi) is 3.83. The van der Waals surface area contributed by atoms with Gasteiger partial charge >= 0.3 is 0 Å². The number of carbonyl (C=O) groups excluding carboxylic acids is 1. The Hall–Kier alpha value is -2.37. The van der Waals surface area contributed by atoms with Gasteiger partial charge in [-0.2, -0.15) is 5.10 Å². The van der Waals surface area contributed by atoms with Gasteiger partial charge in [0.2, 0.25) is 11.6 Å². The lowest BCUT2D eigenvalue weighted by atomic mass is 9.79. The summed E-state index contributed by atoms with van der Waals surface area (Å²) in [6, 6.07) is 6.02. The van der Waals surface area contributed by atoms with Gasteiger partial charge in [0.05, 0.1) is 5.71 Å². The van der Waals surface area contributed by atoms with E-state index in [0.29, 0.717) is 5.57 Å². The maximum Gasteiger partial charge on any atom is 0.240 e. The quantitative estimate of drug-likeness (QED) is 0.830. The average Bonchev–Trinajstić information content (AvgIpc) is 2.52. The van der Waals surface area contributed by atoms with Crippen molar-refractivity contribution >= 4 is 11.6 Å². The smallest absolute Gasteiger partial charge is 0.240 e. The molecule has 1 heterocycles. The lowest BCUT2D eigenvalue weighted by Gasteiger charge is -2.31. The van der Waals surface area contributed by atoms with Gasteiger partial charge in [0.15, 0.2) is 0 Å². The normalized spacial score (nSPS) is 27.7. The first-order valence-electron chi connectivity index (χ1n) is 7.28. The number of hydrogen-bond donors (Lipinski definition) is 1. The summed E-state index contributed by atoms with van der Waals surface area (Å²) in [4.78, 5) is 11.1. The van der Waals surface area contributed by atoms with E-state index in [2.05, 4.69) is 10.5 Å². The van der Waals surface area contributed by atoms with E-state index in [1.807, 2.05) is 0 Å². The van der Waals surface area contributed by atoms with Crippen LogP contribution in [0.4, 0.5) is 13.2 Å². The fourth-order valence-electron chi connectivity index (χ4n) is 2.89. The van der Waals surface area contributed by atoms with E-state index in [-0.39, 0.29) is 30.0 Å². The largest absolute Gasteiger partial charge is 0.273 e. The Morgan fingerprint density at radius 2 is 2.00 bits per heavy atom. The third-order valence-corrected chi connectivity index (χ3v) is 4.14. The van der Waals surface area contributed by atoms with Crippen LogP contribution in [-0.4, -0.2) is 17.3 Å². The maximum atomic E-state index is 15.1. The van der Waals surface area contributed by atoms with Crippen molar-refractivity contribution in [3.05, 3.63) is 59.2 Å². The zero-order valence-electron chi connectivity index (χ0n) is 12.4. The highest BCUT2D eigenvalue weighted by molar-refractivity contribution is 6.01. The molecule has 120 valence electrons. The predicted octanol–water partition coefficient (Wildman–Crippen LogP) is 3.70. The lowest BCUT2D eigenvalue weighted by Crippen LogP contribution is -2.40. The van der Waals surface area contributed by atoms with Gasteiger partial charge < -0.3 is 0 Å². The molecule has 1 amide bonds. The van der Waals surface area contributed by atoms with Crippen LogP contribution in [0.1, 0.15) is 31.2 Å². The molecule has 0 saturated heterocycles. The third kappa shape index (κ3) is 2.69. The molecule has 1 aromatic carbocycles. The molecule has 2 unspecified atom stereocenters. The minimum absolute atomic E-state index is 0.0394. The first kappa shape index (κ1) is 15.5. The molecule has 1 aliphatic carbocycles. The van der Waals surface area contributed by atoms with E-state index in [4.69, 9.17) is 0 Å². The zero-order valence-corrected chi connectivity index (χ0v) is 12.4. The molecule has 0 bridgehead atoms. The van der Waals surface area contributed by atoms with Crippen LogP contribution in [0, 0.1) is 5.82 Å². The third-order valence-electron chi connectivity index (χ3n) is 4.14. The van der Waals surface area contributed by atoms with E-state index in [1.165, 1.54) is 6.07 Å². The van der Waals surface area contributed by atoms with E-state index in [9.17, 15) is 13.6 Å². The fourth-order valence-corrected chi connectivity index (χ4v) is 2.89. The molecule has 2 atom stereocenters. The highest BCUT2D eigenvalue weighted by atomic mass is 19.2. The number of allylic oxidation sites excluding steroid dienone is 4. The van der Waals surface area contributed by atoms with Gasteiger partial charge in [-0.1, -0.05) is 23.8 Å². The summed E-state index contributed by atoms with van der Waals surface area (Å²) in [7, 11) is 0. The highest BCUT2D eigenvalue weighted by Crippen LogP contribution is 2.41. The molecular weight excluding hydrogens is 305 g/mol. The van der Waals surface area contributed by atoms with Gasteiger partial charge in [0.1, 0.15) is 11.6 Å². The van der Waals surface area contributed by atoms with Crippen molar-refractivity contribution in [2.45, 2.75) is 31.4 Å². The van der Waals surface area contributed by atoms with E-state index < -0.39 is 23.2 Å². The van der Waals surface area contributed by atoms with Crippen LogP contribution < -0.4 is 5.43 Å². The van der Waals surface area contributed by atoms with E-state index >= 15 is 4.39 Å². The van der Waals surface area contributed by atoms with E-state index in [0.717, 1.165) is 12.2 Å². The summed E-state index contributed by atoms with van der Waals surface area (Å²) in [6.07, 6.45) is 2.29. The number of hydrazone groups is 1. The molecule has 3 nitrogen and oxygen atoms in total. The minimum Gasteiger partial charge on any atom is -0.273 e. The second-order valence-electron chi connectivity index (χ2n) is 5.71. The van der Waals surface area contributed by atoms with Crippen molar-refractivity contribution < 1.29 is 18.0 Å². The summed E-state index contributed by atoms with van der Waals surface area (Å²) in [6.45, 7) is 1.62. The topological polar surface area (TPSA) is 41.5 Å². The molecule has 6 heteroatoms. The van der Waals surface area contributed by atoms with Gasteiger partial charge in [0.25, 0.3) is 0 Å². The van der Waals surface area contributed by atoms with Crippen molar-refractivity contribution in [2.75, 3.05) is 0 Å². The first-order chi connectivity index (χ1) is 10.9. The molecule has 1 aliphatic heterocycles. The number of halogens is 3. The molecule has 0 radical (unpaired) electrons. The first-order valence-corrected chi connectivity index (χ1v) is 7.28. The standard InChI is InChI=1S/C17H15F3N2O/c1-10-9-17(20,15-6-7-16(23)22-21-15)14(19)8-12(10)11-4-2-3-5-13(11)18/h2-5,8-9,12H,6-7H2,1H3,(H,22,23). The average molecular weight is 320 g/mol. The van der Waals surface area contributed by atoms with Gasteiger partial charge in [-0.3, -0.25) is 4.79 Å². The molecule has 1 aromatic rings. The van der Waals surface area contributed by atoms with Crippen LogP contribution in [0.2, 0.25) is 0 Å². The number of carbonyl (C=O) groups is 1. The number of amides is 1. The highest BCUT2D eigenvalue weighted by Gasteiger charge is 2.43. The Morgan fingerprint density at radius 3 is 2.65 bits per heavy atom. The van der Waals surface area contributed by atoms with Gasteiger partial charge in [0, 0.05) is 18.8 Å². The van der Waals surface area contributed by atoms with E-state index in [1.54, 1.807) is 25.1 Å².